The van der Waals surface area contributed by atoms with Crippen LogP contribution in [0.3, 0.4) is 0 Å². The molecule has 90 valence electrons. The van der Waals surface area contributed by atoms with Gasteiger partial charge in [-0.1, -0.05) is 26.0 Å². The van der Waals surface area contributed by atoms with Crippen LogP contribution in [0.1, 0.15) is 25.0 Å². The van der Waals surface area contributed by atoms with Crippen molar-refractivity contribution in [2.24, 2.45) is 0 Å². The normalized spacial score (nSPS) is 11.1. The lowest BCUT2D eigenvalue weighted by Gasteiger charge is -2.05. The minimum atomic E-state index is 0.498. The summed E-state index contributed by atoms with van der Waals surface area (Å²) in [5.41, 5.74) is 3.57. The van der Waals surface area contributed by atoms with Gasteiger partial charge in [0.25, 0.3) is 0 Å². The Bertz CT molecular complexity index is 486. The van der Waals surface area contributed by atoms with E-state index in [1.54, 1.807) is 0 Å². The van der Waals surface area contributed by atoms with Crippen molar-refractivity contribution in [2.75, 3.05) is 0 Å². The molecule has 0 bridgehead atoms. The van der Waals surface area contributed by atoms with Gasteiger partial charge in [0.1, 0.15) is 0 Å². The van der Waals surface area contributed by atoms with Crippen LogP contribution in [0.15, 0.2) is 36.7 Å². The van der Waals surface area contributed by atoms with Gasteiger partial charge < -0.3 is 5.32 Å². The molecule has 0 spiro atoms. The molecular formula is C14H19N3. The summed E-state index contributed by atoms with van der Waals surface area (Å²) >= 11 is 0. The molecule has 3 nitrogen and oxygen atoms in total. The van der Waals surface area contributed by atoms with Crippen LogP contribution in [0.5, 0.6) is 0 Å². The van der Waals surface area contributed by atoms with Crippen molar-refractivity contribution in [3.8, 4) is 5.69 Å². The minimum Gasteiger partial charge on any atom is -0.310 e. The highest BCUT2D eigenvalue weighted by Gasteiger charge is 2.01. The van der Waals surface area contributed by atoms with E-state index in [1.807, 2.05) is 10.9 Å². The Morgan fingerprint density at radius 1 is 1.35 bits per heavy atom. The van der Waals surface area contributed by atoms with Crippen LogP contribution in [0.4, 0.5) is 0 Å². The fraction of sp³-hybridized carbons (Fsp3) is 0.357. The molecule has 0 amide bonds. The molecule has 17 heavy (non-hydrogen) atoms. The van der Waals surface area contributed by atoms with Crippen molar-refractivity contribution in [1.82, 2.24) is 15.1 Å². The Hall–Kier alpha value is -1.61. The third-order valence-corrected chi connectivity index (χ3v) is 2.62. The van der Waals surface area contributed by atoms with Gasteiger partial charge in [0.05, 0.1) is 11.9 Å². The van der Waals surface area contributed by atoms with Gasteiger partial charge in [-0.25, -0.2) is 4.68 Å². The maximum atomic E-state index is 4.38. The first-order valence-electron chi connectivity index (χ1n) is 5.99. The van der Waals surface area contributed by atoms with Gasteiger partial charge in [0, 0.05) is 24.3 Å². The quantitative estimate of drug-likeness (QED) is 0.873. The smallest absolute Gasteiger partial charge is 0.0648 e. The first kappa shape index (κ1) is 11.9. The topological polar surface area (TPSA) is 29.9 Å². The molecule has 0 aliphatic rings. The second kappa shape index (κ2) is 5.15. The van der Waals surface area contributed by atoms with Crippen LogP contribution in [-0.4, -0.2) is 15.8 Å². The van der Waals surface area contributed by atoms with Gasteiger partial charge in [0.15, 0.2) is 0 Å². The van der Waals surface area contributed by atoms with E-state index in [9.17, 15) is 0 Å². The molecule has 0 radical (unpaired) electrons. The average Bonchev–Trinajstić information content (AvgIpc) is 2.75. The first-order valence-corrected chi connectivity index (χ1v) is 5.99. The Morgan fingerprint density at radius 3 is 2.88 bits per heavy atom. The van der Waals surface area contributed by atoms with Crippen molar-refractivity contribution in [3.63, 3.8) is 0 Å². The molecule has 0 atom stereocenters. The van der Waals surface area contributed by atoms with Gasteiger partial charge in [-0.3, -0.25) is 0 Å². The zero-order valence-electron chi connectivity index (χ0n) is 10.6. The Labute approximate surface area is 102 Å². The van der Waals surface area contributed by atoms with Crippen molar-refractivity contribution in [1.29, 1.82) is 0 Å². The third kappa shape index (κ3) is 3.17. The average molecular weight is 229 g/mol. The molecule has 1 aromatic heterocycles. The van der Waals surface area contributed by atoms with Crippen LogP contribution < -0.4 is 5.32 Å². The van der Waals surface area contributed by atoms with Crippen molar-refractivity contribution in [3.05, 3.63) is 47.8 Å². The second-order valence-electron chi connectivity index (χ2n) is 4.67. The molecule has 0 aliphatic carbocycles. The molecule has 2 aromatic rings. The van der Waals surface area contributed by atoms with Gasteiger partial charge in [-0.15, -0.1) is 0 Å². The lowest BCUT2D eigenvalue weighted by Crippen LogP contribution is -2.21. The van der Waals surface area contributed by atoms with Crippen LogP contribution in [0, 0.1) is 6.92 Å². The first-order chi connectivity index (χ1) is 8.15. The van der Waals surface area contributed by atoms with E-state index in [-0.39, 0.29) is 0 Å². The van der Waals surface area contributed by atoms with Gasteiger partial charge >= 0.3 is 0 Å². The molecule has 0 saturated heterocycles. The summed E-state index contributed by atoms with van der Waals surface area (Å²) in [6, 6.07) is 8.84. The molecule has 0 aliphatic heterocycles. The molecule has 0 unspecified atom stereocenters. The summed E-state index contributed by atoms with van der Waals surface area (Å²) in [6.45, 7) is 7.24. The zero-order chi connectivity index (χ0) is 12.3. The zero-order valence-corrected chi connectivity index (χ0v) is 10.6. The number of nitrogens with one attached hydrogen (secondary N) is 1. The Kier molecular flexibility index (Phi) is 3.59. The molecule has 0 fully saturated rings. The Balaban J connectivity index is 2.12. The maximum Gasteiger partial charge on any atom is 0.0648 e. The second-order valence-corrected chi connectivity index (χ2v) is 4.67. The highest BCUT2D eigenvalue weighted by molar-refractivity contribution is 5.35. The number of aromatic nitrogens is 2. The summed E-state index contributed by atoms with van der Waals surface area (Å²) < 4.78 is 1.92. The summed E-state index contributed by atoms with van der Waals surface area (Å²) in [6.07, 6.45) is 3.99. The van der Waals surface area contributed by atoms with Crippen molar-refractivity contribution >= 4 is 0 Å². The molecule has 1 heterocycles. The van der Waals surface area contributed by atoms with E-state index < -0.39 is 0 Å². The van der Waals surface area contributed by atoms with E-state index >= 15 is 0 Å². The number of benzene rings is 1. The predicted octanol–water partition coefficient (Wildman–Crippen LogP) is 2.68. The third-order valence-electron chi connectivity index (χ3n) is 2.62. The van der Waals surface area contributed by atoms with E-state index in [4.69, 9.17) is 0 Å². The maximum absolute atomic E-state index is 4.38. The summed E-state index contributed by atoms with van der Waals surface area (Å²) in [5.74, 6) is 0. The number of rotatable bonds is 4. The number of nitrogens with zero attached hydrogens (tertiary/aromatic N) is 2. The van der Waals surface area contributed by atoms with E-state index in [0.29, 0.717) is 6.04 Å². The fourth-order valence-electron chi connectivity index (χ4n) is 1.69. The number of hydrogen-bond acceptors (Lipinski definition) is 2. The van der Waals surface area contributed by atoms with Crippen LogP contribution in [0.25, 0.3) is 5.69 Å². The number of aryl methyl sites for hydroxylation is 1. The number of hydrogen-bond donors (Lipinski definition) is 1. The lowest BCUT2D eigenvalue weighted by atomic mass is 10.2. The van der Waals surface area contributed by atoms with Crippen LogP contribution >= 0.6 is 0 Å². The summed E-state index contributed by atoms with van der Waals surface area (Å²) in [4.78, 5) is 0. The van der Waals surface area contributed by atoms with E-state index in [0.717, 1.165) is 12.2 Å². The minimum absolute atomic E-state index is 0.498. The lowest BCUT2D eigenvalue weighted by molar-refractivity contribution is 0.589. The summed E-state index contributed by atoms with van der Waals surface area (Å²) in [7, 11) is 0. The van der Waals surface area contributed by atoms with E-state index in [2.05, 4.69) is 61.6 Å². The largest absolute Gasteiger partial charge is 0.310 e. The van der Waals surface area contributed by atoms with E-state index in [1.165, 1.54) is 11.1 Å². The monoisotopic (exact) mass is 229 g/mol. The van der Waals surface area contributed by atoms with Crippen molar-refractivity contribution < 1.29 is 0 Å². The van der Waals surface area contributed by atoms with Crippen molar-refractivity contribution in [2.45, 2.75) is 33.4 Å². The predicted molar refractivity (Wildman–Crippen MR) is 70.3 cm³/mol. The molecule has 1 N–H and O–H groups in total. The molecule has 1 aromatic carbocycles. The standard InChI is InChI=1S/C14H19N3/c1-11(2)15-8-13-9-16-17(10-13)14-6-4-5-12(3)7-14/h4-7,9-11,15H,8H2,1-3H3. The van der Waals surface area contributed by atoms with Crippen LogP contribution in [-0.2, 0) is 6.54 Å². The van der Waals surface area contributed by atoms with Gasteiger partial charge in [-0.2, -0.15) is 5.10 Å². The van der Waals surface area contributed by atoms with Gasteiger partial charge in [-0.05, 0) is 24.6 Å². The highest BCUT2D eigenvalue weighted by atomic mass is 15.3. The highest BCUT2D eigenvalue weighted by Crippen LogP contribution is 2.10. The van der Waals surface area contributed by atoms with Gasteiger partial charge in [0.2, 0.25) is 0 Å². The Morgan fingerprint density at radius 2 is 2.18 bits per heavy atom. The molecule has 0 saturated carbocycles. The summed E-state index contributed by atoms with van der Waals surface area (Å²) in [5, 5.41) is 7.77. The molecule has 3 heteroatoms. The molecular weight excluding hydrogens is 210 g/mol. The molecule has 2 rings (SSSR count). The van der Waals surface area contributed by atoms with Crippen LogP contribution in [0.2, 0.25) is 0 Å². The SMILES string of the molecule is Cc1cccc(-n2cc(CNC(C)C)cn2)c1. The fourth-order valence-corrected chi connectivity index (χ4v) is 1.69.